The summed E-state index contributed by atoms with van der Waals surface area (Å²) in [7, 11) is 0. The summed E-state index contributed by atoms with van der Waals surface area (Å²) in [6.45, 7) is 11.3. The summed E-state index contributed by atoms with van der Waals surface area (Å²) in [5.41, 5.74) is 8.34. The average Bonchev–Trinajstić information content (AvgIpc) is 3.04. The highest BCUT2D eigenvalue weighted by atomic mass is 16.1. The number of aryl methyl sites for hydroxylation is 2. The monoisotopic (exact) mass is 374 g/mol. The van der Waals surface area contributed by atoms with Gasteiger partial charge in [-0.3, -0.25) is 4.79 Å². The SMILES string of the molecule is C1=CCCCCC1.C=C=C(C)c1ccc(C(C)=O)cc1.Cc1ccccc1C. The highest BCUT2D eigenvalue weighted by molar-refractivity contribution is 5.94. The molecule has 3 rings (SSSR count). The van der Waals surface area contributed by atoms with Gasteiger partial charge in [0.2, 0.25) is 0 Å². The summed E-state index contributed by atoms with van der Waals surface area (Å²) >= 11 is 0. The zero-order valence-corrected chi connectivity index (χ0v) is 17.9. The average molecular weight is 375 g/mol. The fraction of sp³-hybridized carbons (Fsp3) is 0.333. The second-order valence-electron chi connectivity index (χ2n) is 7.13. The molecule has 1 nitrogen and oxygen atoms in total. The lowest BCUT2D eigenvalue weighted by Crippen LogP contribution is -1.91. The Kier molecular flexibility index (Phi) is 11.3. The van der Waals surface area contributed by atoms with Crippen molar-refractivity contribution in [2.45, 2.75) is 59.8 Å². The molecule has 0 unspecified atom stereocenters. The van der Waals surface area contributed by atoms with Crippen LogP contribution in [0.3, 0.4) is 0 Å². The molecule has 0 saturated carbocycles. The Morgan fingerprint density at radius 1 is 0.786 bits per heavy atom. The van der Waals surface area contributed by atoms with Crippen LogP contribution in [-0.4, -0.2) is 5.78 Å². The molecule has 28 heavy (non-hydrogen) atoms. The number of benzene rings is 2. The molecule has 0 bridgehead atoms. The predicted molar refractivity (Wildman–Crippen MR) is 123 cm³/mol. The van der Waals surface area contributed by atoms with Gasteiger partial charge < -0.3 is 0 Å². The molecular formula is C27H34O. The van der Waals surface area contributed by atoms with E-state index >= 15 is 0 Å². The van der Waals surface area contributed by atoms with E-state index in [1.165, 1.54) is 43.2 Å². The molecule has 2 aromatic carbocycles. The Labute approximate surface area is 171 Å². The van der Waals surface area contributed by atoms with E-state index < -0.39 is 0 Å². The van der Waals surface area contributed by atoms with Crippen LogP contribution in [0, 0.1) is 13.8 Å². The summed E-state index contributed by atoms with van der Waals surface area (Å²) < 4.78 is 0. The van der Waals surface area contributed by atoms with Gasteiger partial charge >= 0.3 is 0 Å². The molecule has 1 heteroatoms. The van der Waals surface area contributed by atoms with E-state index in [9.17, 15) is 4.79 Å². The number of allylic oxidation sites excluding steroid dienone is 3. The van der Waals surface area contributed by atoms with E-state index in [1.54, 1.807) is 6.92 Å². The molecule has 0 spiro atoms. The minimum atomic E-state index is 0.0896. The number of hydrogen-bond acceptors (Lipinski definition) is 1. The Hall–Kier alpha value is -2.63. The Morgan fingerprint density at radius 3 is 1.64 bits per heavy atom. The molecule has 0 saturated heterocycles. The van der Waals surface area contributed by atoms with Crippen molar-refractivity contribution in [1.82, 2.24) is 0 Å². The van der Waals surface area contributed by atoms with Gasteiger partial charge in [-0.05, 0) is 75.6 Å². The molecule has 0 atom stereocenters. The second-order valence-corrected chi connectivity index (χ2v) is 7.13. The first kappa shape index (κ1) is 23.4. The van der Waals surface area contributed by atoms with E-state index in [0.29, 0.717) is 0 Å². The van der Waals surface area contributed by atoms with Gasteiger partial charge in [0.25, 0.3) is 0 Å². The molecular weight excluding hydrogens is 340 g/mol. The van der Waals surface area contributed by atoms with Gasteiger partial charge in [0, 0.05) is 5.56 Å². The van der Waals surface area contributed by atoms with Crippen molar-refractivity contribution < 1.29 is 4.79 Å². The van der Waals surface area contributed by atoms with Crippen LogP contribution in [0.2, 0.25) is 0 Å². The maximum Gasteiger partial charge on any atom is 0.159 e. The molecule has 0 N–H and O–H groups in total. The van der Waals surface area contributed by atoms with Crippen molar-refractivity contribution in [3.8, 4) is 0 Å². The summed E-state index contributed by atoms with van der Waals surface area (Å²) in [6.07, 6.45) is 11.5. The molecule has 1 aliphatic carbocycles. The Balaban J connectivity index is 0.000000224. The number of hydrogen-bond donors (Lipinski definition) is 0. The molecule has 0 amide bonds. The van der Waals surface area contributed by atoms with Crippen molar-refractivity contribution in [3.05, 3.63) is 95.2 Å². The molecule has 2 aromatic rings. The topological polar surface area (TPSA) is 17.1 Å². The van der Waals surface area contributed by atoms with Crippen LogP contribution >= 0.6 is 0 Å². The van der Waals surface area contributed by atoms with Gasteiger partial charge in [-0.25, -0.2) is 0 Å². The van der Waals surface area contributed by atoms with Crippen LogP contribution in [0.15, 0.2) is 73.0 Å². The third-order valence-electron chi connectivity index (χ3n) is 4.82. The van der Waals surface area contributed by atoms with Crippen molar-refractivity contribution in [2.24, 2.45) is 0 Å². The molecule has 1 aliphatic rings. The van der Waals surface area contributed by atoms with Crippen molar-refractivity contribution in [2.75, 3.05) is 0 Å². The number of carbonyl (C=O) groups excluding carboxylic acids is 1. The van der Waals surface area contributed by atoms with Gasteiger partial charge in [-0.1, -0.05) is 73.7 Å². The van der Waals surface area contributed by atoms with Crippen molar-refractivity contribution >= 4 is 11.4 Å². The van der Waals surface area contributed by atoms with Crippen LogP contribution in [-0.2, 0) is 0 Å². The van der Waals surface area contributed by atoms with Gasteiger partial charge in [0.1, 0.15) is 0 Å². The van der Waals surface area contributed by atoms with Crippen LogP contribution in [0.1, 0.15) is 73.0 Å². The fourth-order valence-corrected chi connectivity index (χ4v) is 2.66. The van der Waals surface area contributed by atoms with E-state index in [1.807, 2.05) is 31.2 Å². The lowest BCUT2D eigenvalue weighted by atomic mass is 10.0. The number of carbonyl (C=O) groups is 1. The van der Waals surface area contributed by atoms with E-state index in [0.717, 1.165) is 16.7 Å². The Bertz CT molecular complexity index is 773. The summed E-state index contributed by atoms with van der Waals surface area (Å²) in [5.74, 6) is 0.0896. The molecule has 0 aliphatic heterocycles. The van der Waals surface area contributed by atoms with Crippen LogP contribution in [0.25, 0.3) is 5.57 Å². The normalized spacial score (nSPS) is 12.3. The first-order chi connectivity index (χ1) is 13.5. The second kappa shape index (κ2) is 13.5. The minimum Gasteiger partial charge on any atom is -0.295 e. The zero-order valence-electron chi connectivity index (χ0n) is 17.9. The smallest absolute Gasteiger partial charge is 0.159 e. The molecule has 0 radical (unpaired) electrons. The van der Waals surface area contributed by atoms with E-state index in [-0.39, 0.29) is 5.78 Å². The lowest BCUT2D eigenvalue weighted by molar-refractivity contribution is 0.101. The fourth-order valence-electron chi connectivity index (χ4n) is 2.66. The maximum atomic E-state index is 11.0. The summed E-state index contributed by atoms with van der Waals surface area (Å²) in [5, 5.41) is 0. The minimum absolute atomic E-state index is 0.0896. The van der Waals surface area contributed by atoms with Crippen LogP contribution in [0.5, 0.6) is 0 Å². The summed E-state index contributed by atoms with van der Waals surface area (Å²) in [4.78, 5) is 11.0. The van der Waals surface area contributed by atoms with Crippen molar-refractivity contribution in [1.29, 1.82) is 0 Å². The van der Waals surface area contributed by atoms with Gasteiger partial charge in [0.15, 0.2) is 5.78 Å². The highest BCUT2D eigenvalue weighted by Gasteiger charge is 1.99. The van der Waals surface area contributed by atoms with Crippen LogP contribution in [0.4, 0.5) is 0 Å². The lowest BCUT2D eigenvalue weighted by Gasteiger charge is -1.99. The first-order valence-electron chi connectivity index (χ1n) is 10.1. The van der Waals surface area contributed by atoms with Crippen molar-refractivity contribution in [3.63, 3.8) is 0 Å². The zero-order chi connectivity index (χ0) is 20.8. The number of rotatable bonds is 2. The summed E-state index contributed by atoms with van der Waals surface area (Å²) in [6, 6.07) is 15.8. The van der Waals surface area contributed by atoms with Crippen LogP contribution < -0.4 is 0 Å². The number of Topliss-reactive ketones (excluding diaryl/α,β-unsaturated/α-hetero) is 1. The molecule has 0 fully saturated rings. The van der Waals surface area contributed by atoms with Gasteiger partial charge in [-0.2, -0.15) is 0 Å². The third kappa shape index (κ3) is 9.35. The third-order valence-corrected chi connectivity index (χ3v) is 4.82. The first-order valence-corrected chi connectivity index (χ1v) is 10.1. The largest absolute Gasteiger partial charge is 0.295 e. The maximum absolute atomic E-state index is 11.0. The van der Waals surface area contributed by atoms with Gasteiger partial charge in [0.05, 0.1) is 0 Å². The highest BCUT2D eigenvalue weighted by Crippen LogP contribution is 2.13. The quantitative estimate of drug-likeness (QED) is 0.297. The van der Waals surface area contributed by atoms with E-state index in [2.05, 4.69) is 62.6 Å². The number of ketones is 1. The predicted octanol–water partition coefficient (Wildman–Crippen LogP) is 7.89. The Morgan fingerprint density at radius 2 is 1.25 bits per heavy atom. The van der Waals surface area contributed by atoms with Gasteiger partial charge in [-0.15, -0.1) is 5.73 Å². The molecule has 0 aromatic heterocycles. The molecule has 0 heterocycles. The standard InChI is InChI=1S/C12H12O.C8H10.C7H12/c1-4-9(2)11-5-7-12(8-6-11)10(3)13;1-7-5-3-4-6-8(7)2;1-2-4-6-7-5-3-1/h5-8H,1H2,2-3H3;3-6H,1-2H3;1-2H,3-7H2. The van der Waals surface area contributed by atoms with E-state index in [4.69, 9.17) is 0 Å². The molecule has 148 valence electrons.